The molecule has 4 aromatic rings. The second-order valence-electron chi connectivity index (χ2n) is 21.5. The quantitative estimate of drug-likeness (QED) is 0.0726. The van der Waals surface area contributed by atoms with E-state index in [1.807, 2.05) is 47.7 Å². The predicted molar refractivity (Wildman–Crippen MR) is 317 cm³/mol. The van der Waals surface area contributed by atoms with Crippen molar-refractivity contribution in [2.45, 2.75) is 124 Å². The van der Waals surface area contributed by atoms with E-state index in [1.165, 1.54) is 22.9 Å². The molecular formula is C62H77ArCl2F2N7O10Y4-8. The smallest absolute Gasteiger partial charge is 0.414 e. The number of amides is 2. The van der Waals surface area contributed by atoms with Crippen LogP contribution in [0.2, 0.25) is 0 Å². The van der Waals surface area contributed by atoms with Crippen LogP contribution in [0.1, 0.15) is 180 Å². The molecule has 3 aromatic heterocycles. The molecule has 0 aliphatic carbocycles. The molecule has 0 fully saturated rings. The van der Waals surface area contributed by atoms with E-state index in [0.29, 0.717) is 30.2 Å². The number of carbonyl (C=O) groups excluding carboxylic acids is 9. The summed E-state index contributed by atoms with van der Waals surface area (Å²) in [6.07, 6.45) is 8.75. The van der Waals surface area contributed by atoms with E-state index in [2.05, 4.69) is 135 Å². The van der Waals surface area contributed by atoms with E-state index in [1.54, 1.807) is 16.0 Å². The number of aromatic nitrogens is 3. The average molecular weight is 1580 g/mol. The van der Waals surface area contributed by atoms with Crippen molar-refractivity contribution in [2.24, 2.45) is 5.73 Å². The fourth-order valence-corrected chi connectivity index (χ4v) is 9.11. The van der Waals surface area contributed by atoms with E-state index in [0.717, 1.165) is 99.0 Å². The number of nitrogens with zero attached hydrogens (tertiary/aromatic N) is 2. The van der Waals surface area contributed by atoms with Gasteiger partial charge in [0.2, 0.25) is 5.75 Å². The number of carbonyl (C=O) groups is 3. The summed E-state index contributed by atoms with van der Waals surface area (Å²) in [7, 11) is 0. The van der Waals surface area contributed by atoms with Crippen molar-refractivity contribution >= 4 is 76.1 Å². The molecule has 0 bridgehead atoms. The first-order chi connectivity index (χ1) is 38.4. The Morgan fingerprint density at radius 1 is 0.659 bits per heavy atom. The molecule has 0 spiro atoms. The number of hydrogen-bond donors (Lipinski definition) is 5. The molecule has 17 nitrogen and oxygen atoms in total. The molecule has 0 saturated heterocycles. The van der Waals surface area contributed by atoms with Gasteiger partial charge in [-0.15, -0.1) is 0 Å². The van der Waals surface area contributed by atoms with Gasteiger partial charge in [-0.05, 0) is 104 Å². The molecule has 0 saturated carbocycles. The zero-order valence-electron chi connectivity index (χ0n) is 52.2. The van der Waals surface area contributed by atoms with Crippen molar-refractivity contribution < 1.29 is 225 Å². The Labute approximate surface area is 659 Å². The Hall–Kier alpha value is -2.75. The van der Waals surface area contributed by atoms with Crippen LogP contribution in [-0.4, -0.2) is 86.2 Å². The molecule has 476 valence electrons. The maximum absolute atomic E-state index is 13.6. The standard InChI is InChI=1S/C21H22F2N2O.C19H28N2O2.C14H20N2.C4H6ClN.CHClO.3CO2.Ar.4Y/c1-6-14-10-25(20(26)15-7-8-16(22)17(23)9-15)11-21(4,5)18-12(2)13(3)24-19(14)18;1-9-14-10-21(17(22)23-18(4,5)6)11-19(7,8)15-12(2)13(3)20-16(14)15;1-6-11-7-15-8-14(4,5)12-9(2)10(3)16-13(11)12;1-3(5)4(2)6;4*2-1-3;;;;;/h7-10,24H,2-3,6,11H2,1,4-5H3;10,20H,2-3,9,11H2,1,4-8H3;7,15-16H,2-3,6,8H2,1,4-5H3;1-2,6H2;1H;;;;;;;;/q4*-2;;;;;;;;;. The fraction of sp³-hybridized carbons (Fsp3) is 0.355. The number of fused-ring (bicyclic) bond motifs is 3. The van der Waals surface area contributed by atoms with Gasteiger partial charge in [0.25, 0.3) is 5.91 Å². The van der Waals surface area contributed by atoms with Crippen molar-refractivity contribution in [3.63, 3.8) is 0 Å². The molecule has 0 atom stereocenters. The van der Waals surface area contributed by atoms with E-state index in [4.69, 9.17) is 55.6 Å². The summed E-state index contributed by atoms with van der Waals surface area (Å²) in [6.45, 7) is 57.7. The third kappa shape index (κ3) is 28.6. The number of allylic oxidation sites excluding steroid dienone is 5. The van der Waals surface area contributed by atoms with Gasteiger partial charge in [0.15, 0.2) is 11.6 Å². The third-order valence-electron chi connectivity index (χ3n) is 12.7. The van der Waals surface area contributed by atoms with Crippen LogP contribution in [0.5, 0.6) is 0 Å². The second-order valence-corrected chi connectivity index (χ2v) is 22.1. The summed E-state index contributed by atoms with van der Waals surface area (Å²) < 4.78 is 32.3. The van der Waals surface area contributed by atoms with Crippen LogP contribution in [0.15, 0.2) is 47.5 Å². The number of nitrogens with two attached hydrogens (primary N) is 1. The largest absolute Gasteiger partial charge is 0.508 e. The molecule has 1 aromatic carbocycles. The van der Waals surface area contributed by atoms with Gasteiger partial charge in [-0.2, -0.15) is 45.5 Å². The molecule has 3 aliphatic heterocycles. The third-order valence-corrected chi connectivity index (χ3v) is 12.9. The number of hydrogen-bond acceptors (Lipinski definition) is 12. The normalized spacial score (nSPS) is 13.9. The molecule has 7 rings (SSSR count). The van der Waals surface area contributed by atoms with Gasteiger partial charge in [-0.25, -0.2) is 42.3 Å². The Morgan fingerprint density at radius 3 is 1.30 bits per heavy atom. The maximum Gasteiger partial charge on any atom is 0.414 e. The van der Waals surface area contributed by atoms with Crippen LogP contribution in [0.4, 0.5) is 13.6 Å². The molecule has 6 N–H and O–H groups in total. The molecule has 88 heavy (non-hydrogen) atoms. The number of nitrogens with one attached hydrogen (secondary N) is 4. The van der Waals surface area contributed by atoms with Crippen LogP contribution in [0, 0.1) is 105 Å². The zero-order valence-corrected chi connectivity index (χ0v) is 65.7. The van der Waals surface area contributed by atoms with Gasteiger partial charge < -0.3 is 66.2 Å². The minimum atomic E-state index is -1.03. The Kier molecular flexibility index (Phi) is 49.0. The second kappa shape index (κ2) is 44.7. The van der Waals surface area contributed by atoms with Crippen molar-refractivity contribution in [2.75, 3.05) is 19.6 Å². The summed E-state index contributed by atoms with van der Waals surface area (Å²) in [6, 6.07) is 3.22. The number of benzene rings is 1. The van der Waals surface area contributed by atoms with Crippen molar-refractivity contribution in [1.29, 1.82) is 0 Å². The van der Waals surface area contributed by atoms with Crippen LogP contribution in [-0.2, 0) is 185 Å². The Balaban J connectivity index is -0.000000248. The number of ether oxygens (including phenoxy) is 1. The van der Waals surface area contributed by atoms with E-state index >= 15 is 0 Å². The fourth-order valence-electron chi connectivity index (χ4n) is 9.11. The van der Waals surface area contributed by atoms with Gasteiger partial charge in [-0.1, -0.05) is 78.6 Å². The molecule has 26 heteroatoms. The summed E-state index contributed by atoms with van der Waals surface area (Å²) in [4.78, 5) is 96.1. The zero-order chi connectivity index (χ0) is 64.7. The number of aromatic amines is 3. The number of rotatable bonds is 4. The van der Waals surface area contributed by atoms with E-state index in [9.17, 15) is 18.4 Å². The SMILES string of the molecule is O=C=O.O=C=O.O=C=O.O=CCl.[Ar].[CH2-]C(N)=C([CH2-])Cl.[CH2-]c1[nH]c2c(c1[CH2-])C(C)(C)CN(C(=O)OC(C)(C)C)C=C2CC.[CH2-]c1[nH]c2c(c1[CH2-])C(C)(C)CN(C(=O)c1ccc(F)c(F)c1)C=C2CC.[CH2-]c1[nH]c2c(c1[CH2-])C(C)(C)CNC=C2CC.[Y].[Y].[Y].[Y]. The van der Waals surface area contributed by atoms with Crippen molar-refractivity contribution in [1.82, 2.24) is 30.1 Å². The minimum absolute atomic E-state index is 0. The van der Waals surface area contributed by atoms with E-state index in [-0.39, 0.29) is 227 Å². The molecule has 4 radical (unpaired) electrons. The number of halogens is 4. The summed E-state index contributed by atoms with van der Waals surface area (Å²) in [5.41, 5.74) is 19.8. The monoisotopic (exact) mass is 1580 g/mol. The van der Waals surface area contributed by atoms with Crippen molar-refractivity contribution in [3.8, 4) is 0 Å². The van der Waals surface area contributed by atoms with Gasteiger partial charge in [0.05, 0.1) is 0 Å². The minimum Gasteiger partial charge on any atom is -0.508 e. The van der Waals surface area contributed by atoms with Gasteiger partial charge >= 0.3 is 24.5 Å². The van der Waals surface area contributed by atoms with E-state index < -0.39 is 17.2 Å². The van der Waals surface area contributed by atoms with Crippen LogP contribution in [0.25, 0.3) is 16.7 Å². The topological polar surface area (TPSA) is 255 Å². The van der Waals surface area contributed by atoms with Gasteiger partial charge in [0, 0.05) is 212 Å². The molecule has 0 unspecified atom stereocenters. The van der Waals surface area contributed by atoms with Gasteiger partial charge in [-0.3, -0.25) is 66.8 Å². The van der Waals surface area contributed by atoms with Crippen LogP contribution in [0.3, 0.4) is 0 Å². The molecule has 3 aliphatic rings. The summed E-state index contributed by atoms with van der Waals surface area (Å²) in [5.74, 6) is -2.15. The predicted octanol–water partition coefficient (Wildman–Crippen LogP) is 12.2. The Bertz CT molecular complexity index is 3100. The van der Waals surface area contributed by atoms with Crippen LogP contribution >= 0.6 is 23.2 Å². The van der Waals surface area contributed by atoms with Gasteiger partial charge in [0.1, 0.15) is 5.60 Å². The summed E-state index contributed by atoms with van der Waals surface area (Å²) in [5, 5.41) is 3.70. The van der Waals surface area contributed by atoms with Crippen LogP contribution < -0.4 is 11.1 Å². The average Bonchev–Trinajstić information content (AvgIpc) is 2.18. The molecule has 6 heterocycles. The first-order valence-corrected chi connectivity index (χ1v) is 26.3. The first kappa shape index (κ1) is 96.3. The Morgan fingerprint density at radius 2 is 0.977 bits per heavy atom. The molecular weight excluding hydrogens is 1510 g/mol. The molecule has 2 amide bonds. The number of H-pyrrole nitrogens is 3. The van der Waals surface area contributed by atoms with Crippen molar-refractivity contribution in [3.05, 3.63) is 188 Å². The maximum atomic E-state index is 13.6. The first-order valence-electron chi connectivity index (χ1n) is 25.5. The summed E-state index contributed by atoms with van der Waals surface area (Å²) >= 11 is 9.51.